The molecule has 2 rings (SSSR count). The maximum atomic E-state index is 12.0. The van der Waals surface area contributed by atoms with Gasteiger partial charge in [0.25, 0.3) is 0 Å². The Balaban J connectivity index is 2.28. The minimum Gasteiger partial charge on any atom is -0.469 e. The Hall–Kier alpha value is -2.08. The SMILES string of the molecule is COC(=O)c1cc(N2C[C@H](C(=O)OC)CC2=O)ccc1Cl. The molecule has 0 N–H and O–H groups in total. The number of amides is 1. The monoisotopic (exact) mass is 311 g/mol. The molecule has 1 atom stereocenters. The van der Waals surface area contributed by atoms with E-state index >= 15 is 0 Å². The third kappa shape index (κ3) is 3.00. The summed E-state index contributed by atoms with van der Waals surface area (Å²) in [5.41, 5.74) is 0.669. The highest BCUT2D eigenvalue weighted by atomic mass is 35.5. The summed E-state index contributed by atoms with van der Waals surface area (Å²) in [5, 5.41) is 0.238. The zero-order valence-corrected chi connectivity index (χ0v) is 12.3. The maximum absolute atomic E-state index is 12.0. The number of carbonyl (C=O) groups is 3. The number of rotatable bonds is 3. The average Bonchev–Trinajstić information content (AvgIpc) is 2.88. The van der Waals surface area contributed by atoms with Crippen molar-refractivity contribution in [3.8, 4) is 0 Å². The van der Waals surface area contributed by atoms with Crippen molar-refractivity contribution in [3.63, 3.8) is 0 Å². The predicted octanol–water partition coefficient (Wildman–Crippen LogP) is 1.65. The number of esters is 2. The van der Waals surface area contributed by atoms with Crippen molar-refractivity contribution in [2.75, 3.05) is 25.7 Å². The summed E-state index contributed by atoms with van der Waals surface area (Å²) in [5.74, 6) is -1.71. The summed E-state index contributed by atoms with van der Waals surface area (Å²) >= 11 is 5.94. The van der Waals surface area contributed by atoms with E-state index in [2.05, 4.69) is 9.47 Å². The molecule has 0 saturated carbocycles. The van der Waals surface area contributed by atoms with Gasteiger partial charge in [-0.1, -0.05) is 11.6 Å². The fourth-order valence-electron chi connectivity index (χ4n) is 2.23. The number of benzene rings is 1. The summed E-state index contributed by atoms with van der Waals surface area (Å²) in [7, 11) is 2.53. The van der Waals surface area contributed by atoms with Crippen molar-refractivity contribution in [2.24, 2.45) is 5.92 Å². The molecule has 1 aliphatic heterocycles. The summed E-state index contributed by atoms with van der Waals surface area (Å²) in [4.78, 5) is 36.6. The van der Waals surface area contributed by atoms with Crippen LogP contribution < -0.4 is 4.90 Å². The molecule has 1 heterocycles. The molecule has 0 radical (unpaired) electrons. The number of ether oxygens (including phenoxy) is 2. The van der Waals surface area contributed by atoms with Crippen molar-refractivity contribution >= 4 is 35.1 Å². The van der Waals surface area contributed by atoms with Crippen molar-refractivity contribution < 1.29 is 23.9 Å². The van der Waals surface area contributed by atoms with Crippen LogP contribution in [0.3, 0.4) is 0 Å². The van der Waals surface area contributed by atoms with Crippen LogP contribution in [0.4, 0.5) is 5.69 Å². The van der Waals surface area contributed by atoms with Crippen LogP contribution in [0, 0.1) is 5.92 Å². The first-order valence-electron chi connectivity index (χ1n) is 6.24. The molecule has 1 aliphatic rings. The van der Waals surface area contributed by atoms with Gasteiger partial charge in [-0.2, -0.15) is 0 Å². The lowest BCUT2D eigenvalue weighted by molar-refractivity contribution is -0.145. The third-order valence-corrected chi connectivity index (χ3v) is 3.66. The Morgan fingerprint density at radius 1 is 1.29 bits per heavy atom. The molecule has 1 amide bonds. The molecule has 0 unspecified atom stereocenters. The number of carbonyl (C=O) groups excluding carboxylic acids is 3. The minimum absolute atomic E-state index is 0.0862. The van der Waals surface area contributed by atoms with Gasteiger partial charge in [-0.25, -0.2) is 4.79 Å². The number of hydrogen-bond acceptors (Lipinski definition) is 5. The van der Waals surface area contributed by atoms with Gasteiger partial charge in [-0.05, 0) is 18.2 Å². The van der Waals surface area contributed by atoms with Crippen molar-refractivity contribution in [3.05, 3.63) is 28.8 Å². The lowest BCUT2D eigenvalue weighted by Gasteiger charge is -2.17. The highest BCUT2D eigenvalue weighted by Crippen LogP contribution is 2.29. The highest BCUT2D eigenvalue weighted by molar-refractivity contribution is 6.33. The largest absolute Gasteiger partial charge is 0.469 e. The number of anilines is 1. The molecule has 1 aromatic rings. The van der Waals surface area contributed by atoms with Crippen LogP contribution in [0.15, 0.2) is 18.2 Å². The normalized spacial score (nSPS) is 17.8. The molecule has 0 aromatic heterocycles. The molecule has 21 heavy (non-hydrogen) atoms. The van der Waals surface area contributed by atoms with Gasteiger partial charge in [-0.15, -0.1) is 0 Å². The lowest BCUT2D eigenvalue weighted by Crippen LogP contribution is -2.26. The van der Waals surface area contributed by atoms with E-state index in [1.165, 1.54) is 31.3 Å². The quantitative estimate of drug-likeness (QED) is 0.794. The molecule has 112 valence electrons. The summed E-state index contributed by atoms with van der Waals surface area (Å²) < 4.78 is 9.29. The molecule has 7 heteroatoms. The van der Waals surface area contributed by atoms with E-state index in [9.17, 15) is 14.4 Å². The molecule has 0 bridgehead atoms. The second-order valence-electron chi connectivity index (χ2n) is 4.58. The first-order valence-corrected chi connectivity index (χ1v) is 6.61. The van der Waals surface area contributed by atoms with Crippen LogP contribution in [-0.4, -0.2) is 38.6 Å². The smallest absolute Gasteiger partial charge is 0.339 e. The Labute approximate surface area is 126 Å². The van der Waals surface area contributed by atoms with Gasteiger partial charge in [-0.3, -0.25) is 9.59 Å². The Kier molecular flexibility index (Phi) is 4.47. The minimum atomic E-state index is -0.585. The van der Waals surface area contributed by atoms with Gasteiger partial charge in [0.2, 0.25) is 5.91 Å². The lowest BCUT2D eigenvalue weighted by atomic mass is 10.1. The van der Waals surface area contributed by atoms with Gasteiger partial charge in [0.15, 0.2) is 0 Å². The molecule has 6 nitrogen and oxygen atoms in total. The van der Waals surface area contributed by atoms with E-state index in [0.717, 1.165) is 0 Å². The van der Waals surface area contributed by atoms with E-state index in [0.29, 0.717) is 5.69 Å². The number of methoxy groups -OCH3 is 2. The average molecular weight is 312 g/mol. The topological polar surface area (TPSA) is 72.9 Å². The van der Waals surface area contributed by atoms with Crippen LogP contribution in [0.1, 0.15) is 16.8 Å². The predicted molar refractivity (Wildman–Crippen MR) is 75.3 cm³/mol. The van der Waals surface area contributed by atoms with Gasteiger partial charge in [0.05, 0.1) is 30.7 Å². The second-order valence-corrected chi connectivity index (χ2v) is 4.99. The van der Waals surface area contributed by atoms with Gasteiger partial charge in [0.1, 0.15) is 0 Å². The first kappa shape index (κ1) is 15.3. The molecular formula is C14H14ClNO5. The third-order valence-electron chi connectivity index (χ3n) is 3.33. The zero-order valence-electron chi connectivity index (χ0n) is 11.6. The maximum Gasteiger partial charge on any atom is 0.339 e. The Morgan fingerprint density at radius 3 is 2.62 bits per heavy atom. The Morgan fingerprint density at radius 2 is 2.00 bits per heavy atom. The highest BCUT2D eigenvalue weighted by Gasteiger charge is 2.36. The molecule has 0 aliphatic carbocycles. The number of nitrogens with zero attached hydrogens (tertiary/aromatic N) is 1. The summed E-state index contributed by atoms with van der Waals surface area (Å²) in [6, 6.07) is 4.61. The summed E-state index contributed by atoms with van der Waals surface area (Å²) in [6.45, 7) is 0.216. The fraction of sp³-hybridized carbons (Fsp3) is 0.357. The molecular weight excluding hydrogens is 298 g/mol. The van der Waals surface area contributed by atoms with Crippen LogP contribution in [0.5, 0.6) is 0 Å². The van der Waals surface area contributed by atoms with Gasteiger partial charge >= 0.3 is 11.9 Å². The second kappa shape index (κ2) is 6.13. The van der Waals surface area contributed by atoms with Crippen LogP contribution >= 0.6 is 11.6 Å². The standard InChI is InChI=1S/C14H14ClNO5/c1-20-13(18)8-5-12(17)16(7-8)9-3-4-11(15)10(6-9)14(19)21-2/h3-4,6,8H,5,7H2,1-2H3/t8-/m1/s1. The molecule has 0 spiro atoms. The van der Waals surface area contributed by atoms with Crippen LogP contribution in [0.2, 0.25) is 5.02 Å². The van der Waals surface area contributed by atoms with Crippen molar-refractivity contribution in [1.29, 1.82) is 0 Å². The van der Waals surface area contributed by atoms with E-state index in [1.54, 1.807) is 6.07 Å². The van der Waals surface area contributed by atoms with E-state index in [-0.39, 0.29) is 29.5 Å². The molecule has 1 fully saturated rings. The number of hydrogen-bond donors (Lipinski definition) is 0. The van der Waals surface area contributed by atoms with Crippen molar-refractivity contribution in [1.82, 2.24) is 0 Å². The van der Waals surface area contributed by atoms with E-state index < -0.39 is 17.9 Å². The van der Waals surface area contributed by atoms with Crippen LogP contribution in [0.25, 0.3) is 0 Å². The van der Waals surface area contributed by atoms with E-state index in [1.807, 2.05) is 0 Å². The number of halogens is 1. The Bertz CT molecular complexity index is 601. The summed E-state index contributed by atoms with van der Waals surface area (Å²) in [6.07, 6.45) is 0.0862. The molecule has 1 saturated heterocycles. The van der Waals surface area contributed by atoms with E-state index in [4.69, 9.17) is 11.6 Å². The molecule has 1 aromatic carbocycles. The zero-order chi connectivity index (χ0) is 15.6. The van der Waals surface area contributed by atoms with Gasteiger partial charge < -0.3 is 14.4 Å². The first-order chi connectivity index (χ1) is 9.97. The van der Waals surface area contributed by atoms with Crippen LogP contribution in [-0.2, 0) is 19.1 Å². The van der Waals surface area contributed by atoms with Crippen molar-refractivity contribution in [2.45, 2.75) is 6.42 Å². The fourth-order valence-corrected chi connectivity index (χ4v) is 2.42. The van der Waals surface area contributed by atoms with Gasteiger partial charge in [0, 0.05) is 18.7 Å².